The minimum Gasteiger partial charge on any atom is -0.388 e. The lowest BCUT2D eigenvalue weighted by Gasteiger charge is -2.32. The van der Waals surface area contributed by atoms with Gasteiger partial charge in [0.05, 0.1) is 5.60 Å². The molecule has 0 unspecified atom stereocenters. The fourth-order valence-electron chi connectivity index (χ4n) is 3.29. The molecule has 0 bridgehead atoms. The Hall–Kier alpha value is -0.610. The van der Waals surface area contributed by atoms with Crippen LogP contribution in [0.15, 0.2) is 0 Å². The van der Waals surface area contributed by atoms with Crippen molar-refractivity contribution in [3.8, 4) is 0 Å². The molecule has 4 N–H and O–H groups in total. The molecule has 0 aromatic carbocycles. The number of nitrogens with two attached hydrogens (primary N) is 1. The molecule has 0 spiro atoms. The van der Waals surface area contributed by atoms with Gasteiger partial charge in [-0.15, -0.1) is 0 Å². The monoisotopic (exact) mass is 254 g/mol. The number of nitrogens with one attached hydrogen (secondary N) is 1. The third-order valence-electron chi connectivity index (χ3n) is 4.51. The molecular weight excluding hydrogens is 228 g/mol. The number of hydrogen-bond acceptors (Lipinski definition) is 3. The highest BCUT2D eigenvalue weighted by molar-refractivity contribution is 5.77. The van der Waals surface area contributed by atoms with Crippen molar-refractivity contribution >= 4 is 5.91 Å². The third-order valence-corrected chi connectivity index (χ3v) is 4.51. The van der Waals surface area contributed by atoms with E-state index in [1.807, 2.05) is 0 Å². The first kappa shape index (κ1) is 13.8. The van der Waals surface area contributed by atoms with E-state index in [2.05, 4.69) is 5.32 Å². The van der Waals surface area contributed by atoms with Crippen molar-refractivity contribution in [2.45, 2.75) is 75.3 Å². The summed E-state index contributed by atoms with van der Waals surface area (Å²) in [6.45, 7) is 0.391. The Morgan fingerprint density at radius 1 is 1.06 bits per heavy atom. The predicted octanol–water partition coefficient (Wildman–Crippen LogP) is 1.46. The molecule has 1 amide bonds. The third kappa shape index (κ3) is 3.69. The second kappa shape index (κ2) is 5.57. The van der Waals surface area contributed by atoms with Crippen molar-refractivity contribution < 1.29 is 9.90 Å². The predicted molar refractivity (Wildman–Crippen MR) is 71.0 cm³/mol. The first-order valence-electron chi connectivity index (χ1n) is 7.29. The minimum atomic E-state index is -0.675. The van der Waals surface area contributed by atoms with Gasteiger partial charge in [-0.25, -0.2) is 0 Å². The summed E-state index contributed by atoms with van der Waals surface area (Å²) in [5.41, 5.74) is 5.21. The van der Waals surface area contributed by atoms with Crippen LogP contribution in [-0.2, 0) is 4.79 Å². The standard InChI is InChI=1S/C14H26N2O2/c15-13(6-4-5-7-13)10-12(17)16-11-14(18)8-2-1-3-9-14/h18H,1-11,15H2,(H,16,17). The molecule has 0 atom stereocenters. The molecule has 0 aromatic heterocycles. The highest BCUT2D eigenvalue weighted by atomic mass is 16.3. The van der Waals surface area contributed by atoms with Crippen LogP contribution in [0.2, 0.25) is 0 Å². The zero-order valence-electron chi connectivity index (χ0n) is 11.2. The quantitative estimate of drug-likeness (QED) is 0.711. The molecule has 4 heteroatoms. The molecule has 0 heterocycles. The van der Waals surface area contributed by atoms with Gasteiger partial charge in [0.25, 0.3) is 0 Å². The van der Waals surface area contributed by atoms with Crippen LogP contribution in [0.1, 0.15) is 64.2 Å². The number of aliphatic hydroxyl groups is 1. The van der Waals surface area contributed by atoms with E-state index in [1.54, 1.807) is 0 Å². The smallest absolute Gasteiger partial charge is 0.221 e. The summed E-state index contributed by atoms with van der Waals surface area (Å²) < 4.78 is 0. The van der Waals surface area contributed by atoms with Gasteiger partial charge in [-0.1, -0.05) is 32.1 Å². The molecule has 104 valence electrons. The number of carbonyl (C=O) groups is 1. The Labute approximate surface area is 109 Å². The van der Waals surface area contributed by atoms with Gasteiger partial charge in [0, 0.05) is 18.5 Å². The Balaban J connectivity index is 1.74. The van der Waals surface area contributed by atoms with E-state index in [4.69, 9.17) is 5.73 Å². The van der Waals surface area contributed by atoms with Crippen LogP contribution < -0.4 is 11.1 Å². The molecule has 2 saturated carbocycles. The lowest BCUT2D eigenvalue weighted by molar-refractivity contribution is -0.123. The van der Waals surface area contributed by atoms with Gasteiger partial charge >= 0.3 is 0 Å². The van der Waals surface area contributed by atoms with Crippen molar-refractivity contribution in [2.24, 2.45) is 5.73 Å². The number of hydrogen-bond donors (Lipinski definition) is 3. The van der Waals surface area contributed by atoms with Gasteiger partial charge in [0.2, 0.25) is 5.91 Å². The van der Waals surface area contributed by atoms with E-state index < -0.39 is 5.60 Å². The molecule has 2 aliphatic rings. The van der Waals surface area contributed by atoms with Crippen LogP contribution in [0.4, 0.5) is 0 Å². The summed E-state index contributed by atoms with van der Waals surface area (Å²) in [4.78, 5) is 11.9. The van der Waals surface area contributed by atoms with Gasteiger partial charge in [-0.05, 0) is 25.7 Å². The average Bonchev–Trinajstić information content (AvgIpc) is 2.74. The van der Waals surface area contributed by atoms with Crippen LogP contribution in [0.25, 0.3) is 0 Å². The van der Waals surface area contributed by atoms with Crippen LogP contribution in [0.3, 0.4) is 0 Å². The molecule has 0 aromatic rings. The number of amides is 1. The SMILES string of the molecule is NC1(CC(=O)NCC2(O)CCCCC2)CCCC1. The van der Waals surface area contributed by atoms with Crippen LogP contribution in [-0.4, -0.2) is 28.7 Å². The van der Waals surface area contributed by atoms with E-state index in [-0.39, 0.29) is 11.4 Å². The molecule has 0 radical (unpaired) electrons. The summed E-state index contributed by atoms with van der Waals surface area (Å²) in [7, 11) is 0. The summed E-state index contributed by atoms with van der Waals surface area (Å²) >= 11 is 0. The molecule has 18 heavy (non-hydrogen) atoms. The van der Waals surface area contributed by atoms with Crippen molar-refractivity contribution in [1.29, 1.82) is 0 Å². The maximum atomic E-state index is 11.9. The van der Waals surface area contributed by atoms with Crippen molar-refractivity contribution in [3.05, 3.63) is 0 Å². The largest absolute Gasteiger partial charge is 0.388 e. The molecule has 4 nitrogen and oxygen atoms in total. The average molecular weight is 254 g/mol. The summed E-state index contributed by atoms with van der Waals surface area (Å²) in [5, 5.41) is 13.2. The first-order chi connectivity index (χ1) is 8.52. The highest BCUT2D eigenvalue weighted by Gasteiger charge is 2.33. The molecule has 0 saturated heterocycles. The second-order valence-corrected chi connectivity index (χ2v) is 6.31. The zero-order valence-corrected chi connectivity index (χ0v) is 11.2. The topological polar surface area (TPSA) is 75.4 Å². The lowest BCUT2D eigenvalue weighted by Crippen LogP contribution is -2.47. The van der Waals surface area contributed by atoms with E-state index >= 15 is 0 Å². The lowest BCUT2D eigenvalue weighted by atomic mass is 9.84. The first-order valence-corrected chi connectivity index (χ1v) is 7.29. The van der Waals surface area contributed by atoms with Crippen LogP contribution >= 0.6 is 0 Å². The van der Waals surface area contributed by atoms with Crippen molar-refractivity contribution in [2.75, 3.05) is 6.54 Å². The van der Waals surface area contributed by atoms with Gasteiger partial charge in [0.15, 0.2) is 0 Å². The van der Waals surface area contributed by atoms with Crippen LogP contribution in [0.5, 0.6) is 0 Å². The van der Waals surface area contributed by atoms with Crippen molar-refractivity contribution in [3.63, 3.8) is 0 Å². The van der Waals surface area contributed by atoms with Crippen molar-refractivity contribution in [1.82, 2.24) is 5.32 Å². The van der Waals surface area contributed by atoms with E-state index in [9.17, 15) is 9.90 Å². The molecule has 2 rings (SSSR count). The zero-order chi connectivity index (χ0) is 13.1. The van der Waals surface area contributed by atoms with Gasteiger partial charge in [-0.3, -0.25) is 4.79 Å². The maximum absolute atomic E-state index is 11.9. The number of rotatable bonds is 4. The minimum absolute atomic E-state index is 0.00148. The fourth-order valence-corrected chi connectivity index (χ4v) is 3.29. The second-order valence-electron chi connectivity index (χ2n) is 6.31. The van der Waals surface area contributed by atoms with E-state index in [1.165, 1.54) is 6.42 Å². The van der Waals surface area contributed by atoms with Gasteiger partial charge < -0.3 is 16.2 Å². The highest BCUT2D eigenvalue weighted by Crippen LogP contribution is 2.30. The Morgan fingerprint density at radius 3 is 2.22 bits per heavy atom. The summed E-state index contributed by atoms with van der Waals surface area (Å²) in [6, 6.07) is 0. The Morgan fingerprint density at radius 2 is 1.61 bits per heavy atom. The number of carbonyl (C=O) groups excluding carboxylic acids is 1. The summed E-state index contributed by atoms with van der Waals surface area (Å²) in [6.07, 6.45) is 9.50. The molecular formula is C14H26N2O2. The fraction of sp³-hybridized carbons (Fsp3) is 0.929. The summed E-state index contributed by atoms with van der Waals surface area (Å²) in [5.74, 6) is -0.00148. The van der Waals surface area contributed by atoms with Gasteiger partial charge in [0.1, 0.15) is 0 Å². The van der Waals surface area contributed by atoms with Gasteiger partial charge in [-0.2, -0.15) is 0 Å². The van der Waals surface area contributed by atoms with Crippen LogP contribution in [0, 0.1) is 0 Å². The molecule has 2 aliphatic carbocycles. The molecule has 0 aliphatic heterocycles. The molecule has 2 fully saturated rings. The van der Waals surface area contributed by atoms with E-state index in [0.717, 1.165) is 51.4 Å². The van der Waals surface area contributed by atoms with E-state index in [0.29, 0.717) is 13.0 Å². The normalized spacial score (nSPS) is 25.9. The Bertz CT molecular complexity index is 292. The Kier molecular flexibility index (Phi) is 4.28. The maximum Gasteiger partial charge on any atom is 0.221 e.